The second kappa shape index (κ2) is 6.57. The number of fused-ring (bicyclic) bond motifs is 1. The van der Waals surface area contributed by atoms with Gasteiger partial charge in [0.25, 0.3) is 5.91 Å². The van der Waals surface area contributed by atoms with Gasteiger partial charge in [-0.05, 0) is 54.1 Å². The summed E-state index contributed by atoms with van der Waals surface area (Å²) in [6.07, 6.45) is 0. The highest BCUT2D eigenvalue weighted by molar-refractivity contribution is 6.56. The molecule has 0 saturated heterocycles. The fourth-order valence-corrected chi connectivity index (χ4v) is 3.04. The van der Waals surface area contributed by atoms with Crippen molar-refractivity contribution >= 4 is 28.7 Å². The third-order valence-electron chi connectivity index (χ3n) is 4.30. The Morgan fingerprint density at radius 3 is 2.41 bits per heavy atom. The second-order valence-electron chi connectivity index (χ2n) is 6.12. The monoisotopic (exact) mass is 362 g/mol. The summed E-state index contributed by atoms with van der Waals surface area (Å²) in [6.45, 7) is -0.614. The van der Waals surface area contributed by atoms with Crippen molar-refractivity contribution in [1.29, 1.82) is 0 Å². The lowest BCUT2D eigenvalue weighted by atomic mass is 10.1. The number of phenols is 2. The predicted molar refractivity (Wildman–Crippen MR) is 101 cm³/mol. The zero-order valence-corrected chi connectivity index (χ0v) is 14.1. The van der Waals surface area contributed by atoms with Crippen LogP contribution in [0.25, 0.3) is 0 Å². The number of rotatable bonds is 3. The zero-order chi connectivity index (χ0) is 19.0. The van der Waals surface area contributed by atoms with Crippen molar-refractivity contribution in [3.05, 3.63) is 77.9 Å². The summed E-state index contributed by atoms with van der Waals surface area (Å²) >= 11 is 0. The van der Waals surface area contributed by atoms with E-state index in [9.17, 15) is 19.4 Å². The Bertz CT molecular complexity index is 1060. The molecule has 0 spiro atoms. The van der Waals surface area contributed by atoms with E-state index in [1.54, 1.807) is 42.5 Å². The van der Waals surface area contributed by atoms with Crippen LogP contribution in [0.1, 0.15) is 11.1 Å². The number of carbonyl (C=O) groups is 1. The summed E-state index contributed by atoms with van der Waals surface area (Å²) in [6, 6.07) is 17.4. The Labute approximate surface area is 154 Å². The van der Waals surface area contributed by atoms with Crippen molar-refractivity contribution in [2.75, 3.05) is 4.90 Å². The molecular formula is C21H15FN2O3. The van der Waals surface area contributed by atoms with Crippen LogP contribution in [0, 0.1) is 0 Å². The first kappa shape index (κ1) is 16.8. The summed E-state index contributed by atoms with van der Waals surface area (Å²) in [4.78, 5) is 19.0. The Kier molecular flexibility index (Phi) is 4.08. The molecule has 5 nitrogen and oxygen atoms in total. The number of halogens is 1. The average Bonchev–Trinajstić information content (AvgIpc) is 2.94. The predicted octanol–water partition coefficient (Wildman–Crippen LogP) is 4.37. The second-order valence-corrected chi connectivity index (χ2v) is 6.12. The molecular weight excluding hydrogens is 347 g/mol. The summed E-state index contributed by atoms with van der Waals surface area (Å²) in [7, 11) is 0. The van der Waals surface area contributed by atoms with Crippen molar-refractivity contribution in [2.45, 2.75) is 6.67 Å². The largest absolute Gasteiger partial charge is 0.508 e. The van der Waals surface area contributed by atoms with E-state index >= 15 is 0 Å². The number of amides is 1. The van der Waals surface area contributed by atoms with Gasteiger partial charge >= 0.3 is 0 Å². The summed E-state index contributed by atoms with van der Waals surface area (Å²) in [5, 5.41) is 19.4. The Morgan fingerprint density at radius 2 is 1.67 bits per heavy atom. The maximum Gasteiger partial charge on any atom is 0.282 e. The van der Waals surface area contributed by atoms with Crippen LogP contribution in [0.3, 0.4) is 0 Å². The van der Waals surface area contributed by atoms with Gasteiger partial charge in [0.2, 0.25) is 0 Å². The van der Waals surface area contributed by atoms with Crippen LogP contribution in [-0.4, -0.2) is 21.8 Å². The van der Waals surface area contributed by atoms with Crippen LogP contribution in [0.2, 0.25) is 0 Å². The zero-order valence-electron chi connectivity index (χ0n) is 14.1. The molecule has 0 atom stereocenters. The van der Waals surface area contributed by atoms with E-state index in [1.807, 2.05) is 0 Å². The molecule has 1 heterocycles. The average molecular weight is 362 g/mol. The SMILES string of the molecule is O=C1C(=Nc2cccc(CF)c2)c2ccc(O)cc2N1c1ccc(O)cc1. The maximum atomic E-state index is 13.1. The number of hydrogen-bond acceptors (Lipinski definition) is 4. The first-order valence-electron chi connectivity index (χ1n) is 8.27. The normalized spacial score (nSPS) is 14.6. The molecule has 0 radical (unpaired) electrons. The quantitative estimate of drug-likeness (QED) is 0.727. The molecule has 2 N–H and O–H groups in total. The smallest absolute Gasteiger partial charge is 0.282 e. The van der Waals surface area contributed by atoms with Crippen LogP contribution < -0.4 is 4.90 Å². The lowest BCUT2D eigenvalue weighted by Crippen LogP contribution is -2.25. The molecule has 0 aliphatic carbocycles. The molecule has 4 rings (SSSR count). The van der Waals surface area contributed by atoms with Gasteiger partial charge in [0.15, 0.2) is 0 Å². The molecule has 0 fully saturated rings. The number of aliphatic imine (C=N–C) groups is 1. The van der Waals surface area contributed by atoms with Gasteiger partial charge in [-0.15, -0.1) is 0 Å². The third kappa shape index (κ3) is 3.01. The number of aromatic hydroxyl groups is 2. The van der Waals surface area contributed by atoms with Gasteiger partial charge in [-0.2, -0.15) is 0 Å². The van der Waals surface area contributed by atoms with E-state index in [0.717, 1.165) is 0 Å². The van der Waals surface area contributed by atoms with E-state index in [1.165, 1.54) is 29.2 Å². The van der Waals surface area contributed by atoms with Crippen molar-refractivity contribution in [3.8, 4) is 11.5 Å². The molecule has 3 aromatic carbocycles. The Morgan fingerprint density at radius 1 is 0.926 bits per heavy atom. The van der Waals surface area contributed by atoms with Gasteiger partial charge in [0.1, 0.15) is 23.9 Å². The molecule has 0 aromatic heterocycles. The molecule has 27 heavy (non-hydrogen) atoms. The minimum atomic E-state index is -0.614. The number of phenolic OH excluding ortho intramolecular Hbond substituents is 2. The van der Waals surface area contributed by atoms with Crippen LogP contribution in [0.4, 0.5) is 21.5 Å². The van der Waals surface area contributed by atoms with Crippen molar-refractivity contribution in [3.63, 3.8) is 0 Å². The molecule has 0 unspecified atom stereocenters. The van der Waals surface area contributed by atoms with Gasteiger partial charge in [-0.1, -0.05) is 12.1 Å². The Hall–Kier alpha value is -3.67. The van der Waals surface area contributed by atoms with Gasteiger partial charge in [0.05, 0.1) is 11.4 Å². The first-order valence-corrected chi connectivity index (χ1v) is 8.27. The lowest BCUT2D eigenvalue weighted by Gasteiger charge is -2.17. The number of hydrogen-bond donors (Lipinski definition) is 2. The van der Waals surface area contributed by atoms with Crippen LogP contribution >= 0.6 is 0 Å². The first-order chi connectivity index (χ1) is 13.1. The van der Waals surface area contributed by atoms with E-state index in [2.05, 4.69) is 4.99 Å². The highest BCUT2D eigenvalue weighted by Crippen LogP contribution is 2.39. The van der Waals surface area contributed by atoms with E-state index in [4.69, 9.17) is 0 Å². The molecule has 134 valence electrons. The highest BCUT2D eigenvalue weighted by Gasteiger charge is 2.35. The van der Waals surface area contributed by atoms with Gasteiger partial charge in [-0.3, -0.25) is 9.69 Å². The number of alkyl halides is 1. The minimum absolute atomic E-state index is 0.0194. The topological polar surface area (TPSA) is 73.1 Å². The Balaban J connectivity index is 1.86. The van der Waals surface area contributed by atoms with Crippen LogP contribution in [0.15, 0.2) is 71.7 Å². The maximum absolute atomic E-state index is 13.1. The molecule has 6 heteroatoms. The minimum Gasteiger partial charge on any atom is -0.508 e. The molecule has 1 amide bonds. The van der Waals surface area contributed by atoms with E-state index in [0.29, 0.717) is 28.2 Å². The van der Waals surface area contributed by atoms with E-state index in [-0.39, 0.29) is 23.1 Å². The fourth-order valence-electron chi connectivity index (χ4n) is 3.04. The fraction of sp³-hybridized carbons (Fsp3) is 0.0476. The number of nitrogens with zero attached hydrogens (tertiary/aromatic N) is 2. The molecule has 3 aromatic rings. The summed E-state index contributed by atoms with van der Waals surface area (Å²) < 4.78 is 12.9. The van der Waals surface area contributed by atoms with E-state index < -0.39 is 6.67 Å². The molecule has 0 saturated carbocycles. The molecule has 0 bridgehead atoms. The number of benzene rings is 3. The van der Waals surface area contributed by atoms with Gasteiger partial charge < -0.3 is 10.2 Å². The number of carbonyl (C=O) groups excluding carboxylic acids is 1. The summed E-state index contributed by atoms with van der Waals surface area (Å²) in [5.41, 5.74) is 2.74. The van der Waals surface area contributed by atoms with Gasteiger partial charge in [0, 0.05) is 17.3 Å². The van der Waals surface area contributed by atoms with Crippen molar-refractivity contribution in [1.82, 2.24) is 0 Å². The molecule has 1 aliphatic rings. The van der Waals surface area contributed by atoms with Crippen LogP contribution in [-0.2, 0) is 11.5 Å². The summed E-state index contributed by atoms with van der Waals surface area (Å²) in [5.74, 6) is -0.267. The van der Waals surface area contributed by atoms with Gasteiger partial charge in [-0.25, -0.2) is 9.38 Å². The van der Waals surface area contributed by atoms with Crippen LogP contribution in [0.5, 0.6) is 11.5 Å². The standard InChI is InChI=1S/C21H15FN2O3/c22-12-13-2-1-3-14(10-13)23-20-18-9-8-17(26)11-19(18)24(21(20)27)15-4-6-16(25)7-5-15/h1-11,25-26H,12H2. The number of anilines is 2. The molecule has 1 aliphatic heterocycles. The third-order valence-corrected chi connectivity index (χ3v) is 4.30. The van der Waals surface area contributed by atoms with Crippen molar-refractivity contribution < 1.29 is 19.4 Å². The van der Waals surface area contributed by atoms with Crippen molar-refractivity contribution in [2.24, 2.45) is 4.99 Å². The highest BCUT2D eigenvalue weighted by atomic mass is 19.1. The lowest BCUT2D eigenvalue weighted by molar-refractivity contribution is -0.111.